The third kappa shape index (κ3) is 6.83. The molecule has 2 aromatic rings. The average Bonchev–Trinajstić information content (AvgIpc) is 3.09. The lowest BCUT2D eigenvalue weighted by atomic mass is 10.1. The molecule has 132 valence electrons. The van der Waals surface area contributed by atoms with Crippen molar-refractivity contribution in [3.05, 3.63) is 29.1 Å². The van der Waals surface area contributed by atoms with Crippen LogP contribution in [0.25, 0.3) is 0 Å². The molecular weight excluding hydrogens is 307 g/mol. The van der Waals surface area contributed by atoms with Crippen LogP contribution in [0.1, 0.15) is 76.3 Å². The van der Waals surface area contributed by atoms with Gasteiger partial charge in [0.15, 0.2) is 5.82 Å². The quantitative estimate of drug-likeness (QED) is 0.828. The molecule has 0 aromatic carbocycles. The maximum absolute atomic E-state index is 12.2. The number of halogens is 3. The third-order valence-corrected chi connectivity index (χ3v) is 2.68. The van der Waals surface area contributed by atoms with Crippen LogP contribution in [0.15, 0.2) is 6.20 Å². The minimum Gasteiger partial charge on any atom is -0.282 e. The van der Waals surface area contributed by atoms with Gasteiger partial charge in [-0.2, -0.15) is 23.4 Å². The third-order valence-electron chi connectivity index (χ3n) is 2.68. The molecule has 0 atom stereocenters. The van der Waals surface area contributed by atoms with E-state index in [9.17, 15) is 13.2 Å². The highest BCUT2D eigenvalue weighted by Crippen LogP contribution is 2.33. The van der Waals surface area contributed by atoms with E-state index in [0.717, 1.165) is 17.8 Å². The smallest absolute Gasteiger partial charge is 0.282 e. The maximum Gasteiger partial charge on any atom is 0.419 e. The molecule has 0 saturated heterocycles. The summed E-state index contributed by atoms with van der Waals surface area (Å²) in [5.74, 6) is 2.02. The lowest BCUT2D eigenvalue weighted by Gasteiger charge is -2.08. The molecule has 0 bridgehead atoms. The maximum atomic E-state index is 12.2. The monoisotopic (exact) mass is 333 g/mol. The van der Waals surface area contributed by atoms with E-state index < -0.39 is 11.7 Å². The Bertz CT molecular complexity index is 555. The van der Waals surface area contributed by atoms with Crippen LogP contribution < -0.4 is 0 Å². The Kier molecular flexibility index (Phi) is 8.56. The molecule has 0 fully saturated rings. The van der Waals surface area contributed by atoms with E-state index in [0.29, 0.717) is 5.92 Å². The molecule has 0 spiro atoms. The Balaban J connectivity index is 0.000000392. The molecule has 5 nitrogen and oxygen atoms in total. The van der Waals surface area contributed by atoms with E-state index in [1.165, 1.54) is 0 Å². The lowest BCUT2D eigenvalue weighted by Crippen LogP contribution is -2.08. The number of aromatic nitrogens is 5. The second kappa shape index (κ2) is 9.32. The number of hydrogen-bond donors (Lipinski definition) is 2. The van der Waals surface area contributed by atoms with Crippen molar-refractivity contribution in [1.82, 2.24) is 25.4 Å². The summed E-state index contributed by atoms with van der Waals surface area (Å²) in [6.45, 7) is 13.4. The predicted molar refractivity (Wildman–Crippen MR) is 84.2 cm³/mol. The Morgan fingerprint density at radius 1 is 1.00 bits per heavy atom. The van der Waals surface area contributed by atoms with Gasteiger partial charge in [-0.05, 0) is 12.8 Å². The summed E-state index contributed by atoms with van der Waals surface area (Å²) in [4.78, 5) is 4.14. The van der Waals surface area contributed by atoms with E-state index in [1.807, 2.05) is 20.8 Å². The van der Waals surface area contributed by atoms with Gasteiger partial charge in [0.1, 0.15) is 5.82 Å². The minimum absolute atomic E-state index is 0.141. The van der Waals surface area contributed by atoms with Crippen molar-refractivity contribution in [3.63, 3.8) is 0 Å². The first-order valence-corrected chi connectivity index (χ1v) is 7.62. The normalized spacial score (nSPS) is 11.0. The molecule has 0 radical (unpaired) electrons. The number of hydrogen-bond acceptors (Lipinski definition) is 3. The molecule has 0 aliphatic heterocycles. The average molecular weight is 333 g/mol. The number of nitrogens with zero attached hydrogens (tertiary/aromatic N) is 3. The zero-order chi connectivity index (χ0) is 18.2. The summed E-state index contributed by atoms with van der Waals surface area (Å²) in [6, 6.07) is 0. The molecule has 2 N–H and O–H groups in total. The van der Waals surface area contributed by atoms with Crippen LogP contribution in [-0.2, 0) is 6.18 Å². The van der Waals surface area contributed by atoms with Crippen LogP contribution in [0.2, 0.25) is 0 Å². The Labute approximate surface area is 135 Å². The summed E-state index contributed by atoms with van der Waals surface area (Å²) in [5, 5.41) is 12.5. The van der Waals surface area contributed by atoms with Gasteiger partial charge in [-0.3, -0.25) is 10.2 Å². The Morgan fingerprint density at radius 2 is 1.57 bits per heavy atom. The van der Waals surface area contributed by atoms with Crippen LogP contribution in [0, 0.1) is 6.92 Å². The number of aromatic amines is 2. The zero-order valence-electron chi connectivity index (χ0n) is 14.7. The molecule has 0 saturated carbocycles. The molecular formula is C15H26F3N5. The van der Waals surface area contributed by atoms with E-state index in [2.05, 4.69) is 39.2 Å². The minimum atomic E-state index is -4.30. The van der Waals surface area contributed by atoms with Crippen molar-refractivity contribution in [2.45, 2.75) is 66.5 Å². The standard InChI is InChI=1S/C7H9F3N2.C6H11N3.C2H6/c1-4(2)6-5(3-11-12-6)7(8,9)10;1-4(2)6-7-5(3)8-9-6;1-2/h3-4H,1-2H3,(H,11,12);4H,1-3H3,(H,7,8,9);1-2H3. The molecule has 2 rings (SSSR count). The summed E-state index contributed by atoms with van der Waals surface area (Å²) in [7, 11) is 0. The van der Waals surface area contributed by atoms with Crippen LogP contribution in [0.3, 0.4) is 0 Å². The fraction of sp³-hybridized carbons (Fsp3) is 0.667. The number of nitrogens with one attached hydrogen (secondary N) is 2. The predicted octanol–water partition coefficient (Wildman–Crippen LogP) is 4.81. The van der Waals surface area contributed by atoms with Gasteiger partial charge in [-0.1, -0.05) is 41.5 Å². The number of H-pyrrole nitrogens is 2. The van der Waals surface area contributed by atoms with Crippen molar-refractivity contribution >= 4 is 0 Å². The fourth-order valence-corrected chi connectivity index (χ4v) is 1.58. The van der Waals surface area contributed by atoms with Crippen molar-refractivity contribution in [1.29, 1.82) is 0 Å². The van der Waals surface area contributed by atoms with Gasteiger partial charge in [0.05, 0.1) is 11.8 Å². The second-order valence-corrected chi connectivity index (χ2v) is 5.28. The fourth-order valence-electron chi connectivity index (χ4n) is 1.58. The van der Waals surface area contributed by atoms with Crippen molar-refractivity contribution in [2.24, 2.45) is 0 Å². The molecule has 2 heterocycles. The summed E-state index contributed by atoms with van der Waals surface area (Å²) < 4.78 is 36.5. The van der Waals surface area contributed by atoms with Gasteiger partial charge in [0.2, 0.25) is 0 Å². The SMILES string of the molecule is CC.CC(C)c1[nH]ncc1C(F)(F)F.Cc1nc(C(C)C)n[nH]1. The molecule has 0 aliphatic rings. The van der Waals surface area contributed by atoms with E-state index in [-0.39, 0.29) is 11.6 Å². The van der Waals surface area contributed by atoms with Crippen molar-refractivity contribution in [3.8, 4) is 0 Å². The Hall–Kier alpha value is -1.86. The zero-order valence-corrected chi connectivity index (χ0v) is 14.7. The van der Waals surface area contributed by atoms with Crippen LogP contribution in [-0.4, -0.2) is 25.4 Å². The van der Waals surface area contributed by atoms with E-state index >= 15 is 0 Å². The first kappa shape index (κ1) is 21.1. The summed E-state index contributed by atoms with van der Waals surface area (Å²) in [6.07, 6.45) is -3.48. The first-order chi connectivity index (χ1) is 10.6. The molecule has 0 amide bonds. The molecule has 2 aromatic heterocycles. The summed E-state index contributed by atoms with van der Waals surface area (Å²) >= 11 is 0. The highest BCUT2D eigenvalue weighted by molar-refractivity contribution is 5.22. The van der Waals surface area contributed by atoms with Gasteiger partial charge in [0.25, 0.3) is 0 Å². The molecule has 23 heavy (non-hydrogen) atoms. The van der Waals surface area contributed by atoms with Gasteiger partial charge in [-0.25, -0.2) is 4.98 Å². The topological polar surface area (TPSA) is 70.2 Å². The molecule has 0 aliphatic carbocycles. The van der Waals surface area contributed by atoms with Crippen LogP contribution in [0.5, 0.6) is 0 Å². The van der Waals surface area contributed by atoms with E-state index in [4.69, 9.17) is 0 Å². The van der Waals surface area contributed by atoms with Crippen LogP contribution in [0.4, 0.5) is 13.2 Å². The van der Waals surface area contributed by atoms with Crippen LogP contribution >= 0.6 is 0 Å². The first-order valence-electron chi connectivity index (χ1n) is 7.62. The summed E-state index contributed by atoms with van der Waals surface area (Å²) in [5.41, 5.74) is -0.528. The number of aryl methyl sites for hydroxylation is 1. The second-order valence-electron chi connectivity index (χ2n) is 5.28. The number of alkyl halides is 3. The van der Waals surface area contributed by atoms with Gasteiger partial charge >= 0.3 is 6.18 Å². The molecule has 0 unspecified atom stereocenters. The molecule has 8 heteroatoms. The van der Waals surface area contributed by atoms with Crippen molar-refractivity contribution < 1.29 is 13.2 Å². The Morgan fingerprint density at radius 3 is 1.83 bits per heavy atom. The van der Waals surface area contributed by atoms with Gasteiger partial charge in [0, 0.05) is 11.6 Å². The van der Waals surface area contributed by atoms with E-state index in [1.54, 1.807) is 13.8 Å². The highest BCUT2D eigenvalue weighted by atomic mass is 19.4. The van der Waals surface area contributed by atoms with Gasteiger partial charge in [-0.15, -0.1) is 0 Å². The largest absolute Gasteiger partial charge is 0.419 e. The number of rotatable bonds is 2. The van der Waals surface area contributed by atoms with Crippen molar-refractivity contribution in [2.75, 3.05) is 0 Å². The van der Waals surface area contributed by atoms with Gasteiger partial charge < -0.3 is 0 Å². The lowest BCUT2D eigenvalue weighted by molar-refractivity contribution is -0.138. The highest BCUT2D eigenvalue weighted by Gasteiger charge is 2.35.